The largest absolute Gasteiger partial charge is 0.501 e. The molecule has 5 heteroatoms. The molecule has 0 fully saturated rings. The summed E-state index contributed by atoms with van der Waals surface area (Å²) in [6.07, 6.45) is 5.18. The molecule has 20 heavy (non-hydrogen) atoms. The van der Waals surface area contributed by atoms with Gasteiger partial charge in [0.1, 0.15) is 0 Å². The summed E-state index contributed by atoms with van der Waals surface area (Å²) in [5.74, 6) is 0. The second kappa shape index (κ2) is 10.7. The Balaban J connectivity index is 5.03. The number of hydrogen-bond acceptors (Lipinski definition) is 4. The van der Waals surface area contributed by atoms with Crippen LogP contribution in [0.5, 0.6) is 0 Å². The minimum Gasteiger partial charge on any atom is -0.374 e. The first-order chi connectivity index (χ1) is 9.51. The molecule has 0 unspecified atom stereocenters. The number of rotatable bonds is 13. The van der Waals surface area contributed by atoms with E-state index < -0.39 is 8.80 Å². The van der Waals surface area contributed by atoms with Crippen LogP contribution in [-0.2, 0) is 13.3 Å². The van der Waals surface area contributed by atoms with Crippen molar-refractivity contribution >= 4 is 8.80 Å². The minimum atomic E-state index is -2.61. The summed E-state index contributed by atoms with van der Waals surface area (Å²) in [4.78, 5) is 0. The highest BCUT2D eigenvalue weighted by molar-refractivity contribution is 6.60. The normalized spacial score (nSPS) is 12.9. The van der Waals surface area contributed by atoms with Gasteiger partial charge in [0, 0.05) is 19.3 Å². The smallest absolute Gasteiger partial charge is 0.374 e. The number of nitrogens with two attached hydrogens (primary N) is 1. The molecule has 0 aliphatic rings. The SMILES string of the molecule is CCCC(C)(CCC)O[Si](CCCN)(OCC)OCC. The van der Waals surface area contributed by atoms with E-state index in [1.54, 1.807) is 0 Å². The van der Waals surface area contributed by atoms with Gasteiger partial charge in [-0.15, -0.1) is 0 Å². The Hall–Kier alpha value is 0.0569. The lowest BCUT2D eigenvalue weighted by atomic mass is 9.95. The summed E-state index contributed by atoms with van der Waals surface area (Å²) in [6.45, 7) is 12.5. The van der Waals surface area contributed by atoms with E-state index in [0.29, 0.717) is 19.8 Å². The maximum Gasteiger partial charge on any atom is 0.501 e. The second-order valence-corrected chi connectivity index (χ2v) is 8.14. The van der Waals surface area contributed by atoms with Crippen molar-refractivity contribution in [3.63, 3.8) is 0 Å². The van der Waals surface area contributed by atoms with Gasteiger partial charge in [0.05, 0.1) is 5.60 Å². The fourth-order valence-electron chi connectivity index (χ4n) is 2.71. The van der Waals surface area contributed by atoms with Crippen molar-refractivity contribution in [2.24, 2.45) is 5.73 Å². The third-order valence-electron chi connectivity index (χ3n) is 3.38. The van der Waals surface area contributed by atoms with E-state index in [0.717, 1.165) is 38.1 Å². The van der Waals surface area contributed by atoms with Crippen LogP contribution in [0.25, 0.3) is 0 Å². The Bertz CT molecular complexity index is 227. The van der Waals surface area contributed by atoms with Crippen LogP contribution in [0.15, 0.2) is 0 Å². The maximum atomic E-state index is 6.53. The highest BCUT2D eigenvalue weighted by Gasteiger charge is 2.45. The molecule has 0 rings (SSSR count). The zero-order valence-corrected chi connectivity index (χ0v) is 15.2. The van der Waals surface area contributed by atoms with Gasteiger partial charge in [-0.2, -0.15) is 0 Å². The van der Waals surface area contributed by atoms with Crippen molar-refractivity contribution in [2.75, 3.05) is 19.8 Å². The quantitative estimate of drug-likeness (QED) is 0.527. The topological polar surface area (TPSA) is 53.7 Å². The van der Waals surface area contributed by atoms with E-state index in [1.807, 2.05) is 13.8 Å². The van der Waals surface area contributed by atoms with Crippen LogP contribution >= 0.6 is 0 Å². The molecule has 0 aromatic heterocycles. The molecule has 0 bridgehead atoms. The van der Waals surface area contributed by atoms with Gasteiger partial charge < -0.3 is 19.0 Å². The van der Waals surface area contributed by atoms with Crippen LogP contribution in [0.2, 0.25) is 6.04 Å². The van der Waals surface area contributed by atoms with Crippen LogP contribution in [0.3, 0.4) is 0 Å². The highest BCUT2D eigenvalue weighted by Crippen LogP contribution is 2.31. The Kier molecular flexibility index (Phi) is 10.8. The van der Waals surface area contributed by atoms with Gasteiger partial charge in [0.25, 0.3) is 0 Å². The van der Waals surface area contributed by atoms with E-state index in [4.69, 9.17) is 19.0 Å². The zero-order valence-electron chi connectivity index (χ0n) is 14.2. The van der Waals surface area contributed by atoms with Gasteiger partial charge in [-0.05, 0) is 46.6 Å². The first kappa shape index (κ1) is 20.1. The van der Waals surface area contributed by atoms with Gasteiger partial charge in [0.15, 0.2) is 0 Å². The van der Waals surface area contributed by atoms with Gasteiger partial charge in [-0.1, -0.05) is 26.7 Å². The minimum absolute atomic E-state index is 0.144. The fourth-order valence-corrected chi connectivity index (χ4v) is 5.78. The molecule has 0 amide bonds. The van der Waals surface area contributed by atoms with Crippen molar-refractivity contribution in [1.29, 1.82) is 0 Å². The summed E-state index contributed by atoms with van der Waals surface area (Å²) in [5, 5.41) is 0. The average molecular weight is 306 g/mol. The third kappa shape index (κ3) is 7.18. The second-order valence-electron chi connectivity index (χ2n) is 5.49. The molecule has 4 nitrogen and oxygen atoms in total. The zero-order chi connectivity index (χ0) is 15.5. The molecule has 122 valence electrons. The monoisotopic (exact) mass is 305 g/mol. The molecule has 0 heterocycles. The van der Waals surface area contributed by atoms with Gasteiger partial charge in [-0.25, -0.2) is 0 Å². The van der Waals surface area contributed by atoms with Crippen molar-refractivity contribution in [3.8, 4) is 0 Å². The van der Waals surface area contributed by atoms with Crippen LogP contribution in [0.4, 0.5) is 0 Å². The maximum absolute atomic E-state index is 6.53. The fraction of sp³-hybridized carbons (Fsp3) is 1.00. The molecule has 0 aliphatic carbocycles. The lowest BCUT2D eigenvalue weighted by Gasteiger charge is -2.39. The Morgan fingerprint density at radius 1 is 0.950 bits per heavy atom. The van der Waals surface area contributed by atoms with Gasteiger partial charge in [0.2, 0.25) is 0 Å². The van der Waals surface area contributed by atoms with Crippen molar-refractivity contribution in [2.45, 2.75) is 78.4 Å². The van der Waals surface area contributed by atoms with Crippen LogP contribution in [0, 0.1) is 0 Å². The molecule has 0 saturated heterocycles. The van der Waals surface area contributed by atoms with E-state index in [9.17, 15) is 0 Å². The molecule has 0 aromatic carbocycles. The van der Waals surface area contributed by atoms with Crippen LogP contribution < -0.4 is 5.73 Å². The van der Waals surface area contributed by atoms with Crippen LogP contribution in [0.1, 0.15) is 66.7 Å². The summed E-state index contributed by atoms with van der Waals surface area (Å²) >= 11 is 0. The predicted molar refractivity (Wildman–Crippen MR) is 86.8 cm³/mol. The Morgan fingerprint density at radius 2 is 1.45 bits per heavy atom. The van der Waals surface area contributed by atoms with E-state index in [2.05, 4.69) is 20.8 Å². The first-order valence-corrected chi connectivity index (χ1v) is 10.1. The Morgan fingerprint density at radius 3 is 1.80 bits per heavy atom. The van der Waals surface area contributed by atoms with E-state index in [1.165, 1.54) is 0 Å². The molecular formula is C15H35NO3Si. The van der Waals surface area contributed by atoms with Crippen molar-refractivity contribution in [1.82, 2.24) is 0 Å². The first-order valence-electron chi connectivity index (χ1n) is 8.19. The molecule has 0 radical (unpaired) electrons. The van der Waals surface area contributed by atoms with E-state index in [-0.39, 0.29) is 5.60 Å². The number of hydrogen-bond donors (Lipinski definition) is 1. The molecular weight excluding hydrogens is 270 g/mol. The molecule has 2 N–H and O–H groups in total. The van der Waals surface area contributed by atoms with Crippen molar-refractivity contribution in [3.05, 3.63) is 0 Å². The highest BCUT2D eigenvalue weighted by atomic mass is 28.4. The molecule has 0 saturated carbocycles. The standard InChI is InChI=1S/C15H35NO3Si/c1-6-11-15(5,12-7-2)19-20(17-8-3,18-9-4)14-10-13-16/h6-14,16H2,1-5H3. The molecule has 0 aromatic rings. The average Bonchev–Trinajstić information content (AvgIpc) is 2.37. The van der Waals surface area contributed by atoms with Crippen molar-refractivity contribution < 1.29 is 13.3 Å². The Labute approximate surface area is 126 Å². The molecule has 0 spiro atoms. The summed E-state index contributed by atoms with van der Waals surface area (Å²) < 4.78 is 18.5. The summed E-state index contributed by atoms with van der Waals surface area (Å²) in [7, 11) is -2.61. The lowest BCUT2D eigenvalue weighted by molar-refractivity contribution is -0.0301. The van der Waals surface area contributed by atoms with E-state index >= 15 is 0 Å². The lowest BCUT2D eigenvalue weighted by Crippen LogP contribution is -2.52. The van der Waals surface area contributed by atoms with Gasteiger partial charge in [-0.3, -0.25) is 0 Å². The van der Waals surface area contributed by atoms with Crippen LogP contribution in [-0.4, -0.2) is 34.2 Å². The molecule has 0 atom stereocenters. The predicted octanol–water partition coefficient (Wildman–Crippen LogP) is 3.72. The summed E-state index contributed by atoms with van der Waals surface area (Å²) in [5.41, 5.74) is 5.52. The van der Waals surface area contributed by atoms with Gasteiger partial charge >= 0.3 is 8.80 Å². The third-order valence-corrected chi connectivity index (χ3v) is 6.60. The summed E-state index contributed by atoms with van der Waals surface area (Å²) in [6, 6.07) is 0.814. The molecule has 0 aliphatic heterocycles.